The van der Waals surface area contributed by atoms with Crippen molar-refractivity contribution in [2.45, 2.75) is 52.7 Å². The molecule has 0 amide bonds. The van der Waals surface area contributed by atoms with E-state index in [-0.39, 0.29) is 11.7 Å². The topological polar surface area (TPSA) is 60.7 Å². The molecule has 0 saturated carbocycles. The lowest BCUT2D eigenvalue weighted by atomic mass is 9.96. The summed E-state index contributed by atoms with van der Waals surface area (Å²) in [7, 11) is 0. The van der Waals surface area contributed by atoms with Crippen molar-refractivity contribution in [3.05, 3.63) is 102 Å². The lowest BCUT2D eigenvalue weighted by Gasteiger charge is -2.25. The van der Waals surface area contributed by atoms with Crippen LogP contribution < -0.4 is 14.9 Å². The summed E-state index contributed by atoms with van der Waals surface area (Å²) in [4.78, 5) is 31.8. The van der Waals surface area contributed by atoms with Crippen molar-refractivity contribution >= 4 is 23.4 Å². The Balaban J connectivity index is 1.88. The van der Waals surface area contributed by atoms with E-state index < -0.39 is 12.0 Å². The Bertz CT molecular complexity index is 1380. The number of esters is 1. The highest BCUT2D eigenvalue weighted by atomic mass is 32.1. The monoisotopic (exact) mass is 460 g/mol. The van der Waals surface area contributed by atoms with Gasteiger partial charge >= 0.3 is 5.97 Å². The maximum atomic E-state index is 13.6. The van der Waals surface area contributed by atoms with Crippen LogP contribution in [0.4, 0.5) is 0 Å². The van der Waals surface area contributed by atoms with E-state index >= 15 is 0 Å². The van der Waals surface area contributed by atoms with Gasteiger partial charge in [0.05, 0.1) is 27.9 Å². The fraction of sp³-hybridized carbons (Fsp3) is 0.296. The number of rotatable bonds is 5. The second-order valence-electron chi connectivity index (χ2n) is 8.77. The van der Waals surface area contributed by atoms with E-state index in [9.17, 15) is 9.59 Å². The number of hydrogen-bond donors (Lipinski definition) is 0. The van der Waals surface area contributed by atoms with Crippen LogP contribution in [0.2, 0.25) is 0 Å². The zero-order valence-corrected chi connectivity index (χ0v) is 20.3. The fourth-order valence-corrected chi connectivity index (χ4v) is 4.99. The summed E-state index contributed by atoms with van der Waals surface area (Å²) in [5.74, 6) is 0.000814. The normalized spacial score (nSPS) is 16.2. The number of nitrogens with zero attached hydrogens (tertiary/aromatic N) is 2. The van der Waals surface area contributed by atoms with Gasteiger partial charge in [0.25, 0.3) is 5.56 Å². The summed E-state index contributed by atoms with van der Waals surface area (Å²) in [5, 5.41) is 0. The van der Waals surface area contributed by atoms with Crippen LogP contribution in [-0.2, 0) is 9.53 Å². The van der Waals surface area contributed by atoms with E-state index in [1.807, 2.05) is 62.4 Å². The van der Waals surface area contributed by atoms with Crippen LogP contribution in [0.5, 0.6) is 0 Å². The summed E-state index contributed by atoms with van der Waals surface area (Å²) < 4.78 is 7.73. The summed E-state index contributed by atoms with van der Waals surface area (Å²) in [6, 6.07) is 17.2. The quantitative estimate of drug-likeness (QED) is 0.533. The molecule has 3 aromatic rings. The molecule has 2 heterocycles. The standard InChI is InChI=1S/C27H28N2O3S/c1-16(2)20-13-11-19(12-14-20)15-22-25(30)29-24(21-9-7-6-8-10-21)23(26(31)32-17(3)4)18(5)28-27(29)33-22/h6-17,24H,1-5H3. The second-order valence-corrected chi connectivity index (χ2v) is 9.78. The molecule has 1 aliphatic heterocycles. The zero-order chi connectivity index (χ0) is 23.7. The smallest absolute Gasteiger partial charge is 0.338 e. The number of aromatic nitrogens is 1. The minimum Gasteiger partial charge on any atom is -0.459 e. The minimum atomic E-state index is -0.584. The van der Waals surface area contributed by atoms with Crippen molar-refractivity contribution < 1.29 is 9.53 Å². The van der Waals surface area contributed by atoms with Gasteiger partial charge in [-0.05, 0) is 49.5 Å². The van der Waals surface area contributed by atoms with Gasteiger partial charge < -0.3 is 4.74 Å². The summed E-state index contributed by atoms with van der Waals surface area (Å²) in [6.45, 7) is 9.73. The molecular weight excluding hydrogens is 432 g/mol. The Morgan fingerprint density at radius 1 is 1.06 bits per heavy atom. The molecule has 4 rings (SSSR count). The maximum absolute atomic E-state index is 13.6. The van der Waals surface area contributed by atoms with Crippen LogP contribution in [0.25, 0.3) is 6.08 Å². The predicted molar refractivity (Wildman–Crippen MR) is 132 cm³/mol. The van der Waals surface area contributed by atoms with Crippen LogP contribution in [0.15, 0.2) is 75.7 Å². The molecule has 1 atom stereocenters. The summed E-state index contributed by atoms with van der Waals surface area (Å²) in [5.41, 5.74) is 3.86. The van der Waals surface area contributed by atoms with Gasteiger partial charge in [0.15, 0.2) is 4.80 Å². The number of carbonyl (C=O) groups excluding carboxylic acids is 1. The molecule has 0 bridgehead atoms. The third kappa shape index (κ3) is 4.62. The number of fused-ring (bicyclic) bond motifs is 1. The SMILES string of the molecule is CC1=C(C(=O)OC(C)C)C(c2ccccc2)n2c(sc(=Cc3ccc(C(C)C)cc3)c2=O)=N1. The first kappa shape index (κ1) is 22.9. The summed E-state index contributed by atoms with van der Waals surface area (Å²) in [6.07, 6.45) is 1.62. The molecule has 0 N–H and O–H groups in total. The van der Waals surface area contributed by atoms with Crippen molar-refractivity contribution in [2.75, 3.05) is 0 Å². The second kappa shape index (κ2) is 9.32. The van der Waals surface area contributed by atoms with E-state index in [0.29, 0.717) is 26.5 Å². The molecule has 0 fully saturated rings. The van der Waals surface area contributed by atoms with Crippen molar-refractivity contribution in [1.29, 1.82) is 0 Å². The molecule has 5 nitrogen and oxygen atoms in total. The number of allylic oxidation sites excluding steroid dienone is 1. The molecular formula is C27H28N2O3S. The Labute approximate surface area is 197 Å². The molecule has 1 aromatic heterocycles. The Morgan fingerprint density at radius 3 is 2.33 bits per heavy atom. The van der Waals surface area contributed by atoms with Crippen LogP contribution in [0.1, 0.15) is 63.3 Å². The van der Waals surface area contributed by atoms with E-state index in [0.717, 1.165) is 11.1 Å². The van der Waals surface area contributed by atoms with Crippen molar-refractivity contribution in [3.8, 4) is 0 Å². The molecule has 0 saturated heterocycles. The van der Waals surface area contributed by atoms with Gasteiger partial charge in [-0.1, -0.05) is 79.8 Å². The van der Waals surface area contributed by atoms with E-state index in [1.54, 1.807) is 11.5 Å². The number of hydrogen-bond acceptors (Lipinski definition) is 5. The molecule has 2 aromatic carbocycles. The lowest BCUT2D eigenvalue weighted by Crippen LogP contribution is -2.40. The number of benzene rings is 2. The molecule has 0 aliphatic carbocycles. The van der Waals surface area contributed by atoms with Gasteiger partial charge in [-0.15, -0.1) is 0 Å². The van der Waals surface area contributed by atoms with Gasteiger partial charge in [-0.25, -0.2) is 9.79 Å². The number of thiazole rings is 1. The highest BCUT2D eigenvalue weighted by Gasteiger charge is 2.33. The van der Waals surface area contributed by atoms with Gasteiger partial charge in [-0.2, -0.15) is 0 Å². The molecule has 6 heteroatoms. The van der Waals surface area contributed by atoms with Crippen molar-refractivity contribution in [3.63, 3.8) is 0 Å². The number of carbonyl (C=O) groups is 1. The van der Waals surface area contributed by atoms with Gasteiger partial charge in [0, 0.05) is 0 Å². The van der Waals surface area contributed by atoms with E-state index in [1.165, 1.54) is 16.9 Å². The van der Waals surface area contributed by atoms with Crippen LogP contribution in [-0.4, -0.2) is 16.6 Å². The molecule has 1 aliphatic rings. The van der Waals surface area contributed by atoms with Gasteiger partial charge in [0.2, 0.25) is 0 Å². The number of ether oxygens (including phenoxy) is 1. The largest absolute Gasteiger partial charge is 0.459 e. The van der Waals surface area contributed by atoms with E-state index in [2.05, 4.69) is 31.0 Å². The third-order valence-electron chi connectivity index (χ3n) is 5.60. The Morgan fingerprint density at radius 2 is 1.73 bits per heavy atom. The van der Waals surface area contributed by atoms with E-state index in [4.69, 9.17) is 4.74 Å². The highest BCUT2D eigenvalue weighted by Crippen LogP contribution is 2.30. The first-order valence-corrected chi connectivity index (χ1v) is 12.0. The van der Waals surface area contributed by atoms with Gasteiger partial charge in [0.1, 0.15) is 0 Å². The van der Waals surface area contributed by atoms with Crippen LogP contribution in [0.3, 0.4) is 0 Å². The molecule has 0 radical (unpaired) electrons. The predicted octanol–water partition coefficient (Wildman–Crippen LogP) is 4.31. The molecule has 33 heavy (non-hydrogen) atoms. The van der Waals surface area contributed by atoms with Crippen LogP contribution >= 0.6 is 11.3 Å². The highest BCUT2D eigenvalue weighted by molar-refractivity contribution is 7.07. The minimum absolute atomic E-state index is 0.164. The average molecular weight is 461 g/mol. The molecule has 170 valence electrons. The fourth-order valence-electron chi connectivity index (χ4n) is 3.94. The van der Waals surface area contributed by atoms with Crippen molar-refractivity contribution in [1.82, 2.24) is 4.57 Å². The van der Waals surface area contributed by atoms with Crippen LogP contribution in [0, 0.1) is 0 Å². The summed E-state index contributed by atoms with van der Waals surface area (Å²) >= 11 is 1.34. The maximum Gasteiger partial charge on any atom is 0.338 e. The zero-order valence-electron chi connectivity index (χ0n) is 19.5. The molecule has 0 spiro atoms. The average Bonchev–Trinajstić information content (AvgIpc) is 3.07. The molecule has 1 unspecified atom stereocenters. The third-order valence-corrected chi connectivity index (χ3v) is 6.58. The Hall–Kier alpha value is -3.25. The van der Waals surface area contributed by atoms with Crippen molar-refractivity contribution in [2.24, 2.45) is 4.99 Å². The first-order chi connectivity index (χ1) is 15.8. The first-order valence-electron chi connectivity index (χ1n) is 11.1. The van der Waals surface area contributed by atoms with Gasteiger partial charge in [-0.3, -0.25) is 9.36 Å². The lowest BCUT2D eigenvalue weighted by molar-refractivity contribution is -0.143. The Kier molecular flexibility index (Phi) is 6.47.